The van der Waals surface area contributed by atoms with E-state index in [0.29, 0.717) is 17.9 Å². The summed E-state index contributed by atoms with van der Waals surface area (Å²) >= 11 is 0. The van der Waals surface area contributed by atoms with Gasteiger partial charge in [-0.3, -0.25) is 4.79 Å². The van der Waals surface area contributed by atoms with E-state index in [-0.39, 0.29) is 11.9 Å². The minimum Gasteiger partial charge on any atom is -0.488 e. The van der Waals surface area contributed by atoms with Gasteiger partial charge in [-0.1, -0.05) is 30.6 Å². The lowest BCUT2D eigenvalue weighted by Gasteiger charge is -2.15. The van der Waals surface area contributed by atoms with Crippen LogP contribution in [0.3, 0.4) is 0 Å². The lowest BCUT2D eigenvalue weighted by Crippen LogP contribution is -2.32. The summed E-state index contributed by atoms with van der Waals surface area (Å²) in [6, 6.07) is 7.41. The Hall–Kier alpha value is -2.30. The first-order valence-electron chi connectivity index (χ1n) is 7.97. The van der Waals surface area contributed by atoms with Crippen molar-refractivity contribution in [1.82, 2.24) is 10.5 Å². The third-order valence-electron chi connectivity index (χ3n) is 3.78. The second kappa shape index (κ2) is 7.81. The average Bonchev–Trinajstić information content (AvgIpc) is 2.84. The Morgan fingerprint density at radius 2 is 2.09 bits per heavy atom. The van der Waals surface area contributed by atoms with Crippen molar-refractivity contribution in [2.24, 2.45) is 0 Å². The lowest BCUT2D eigenvalue weighted by atomic mass is 10.1. The molecule has 1 aromatic carbocycles. The number of ether oxygens (including phenoxy) is 1. The summed E-state index contributed by atoms with van der Waals surface area (Å²) in [5.74, 6) is 1.19. The molecule has 124 valence electrons. The number of carbonyl (C=O) groups is 1. The second-order valence-electron chi connectivity index (χ2n) is 5.75. The van der Waals surface area contributed by atoms with Crippen LogP contribution >= 0.6 is 0 Å². The number of nitrogens with one attached hydrogen (secondary N) is 1. The minimum atomic E-state index is -0.111. The van der Waals surface area contributed by atoms with Gasteiger partial charge in [-0.05, 0) is 39.3 Å². The molecule has 1 atom stereocenters. The molecule has 0 saturated heterocycles. The SMILES string of the molecule is CCCC(C)NC(=O)c1ccccc1OCc1c(C)noc1C. The van der Waals surface area contributed by atoms with Crippen LogP contribution in [0.15, 0.2) is 28.8 Å². The van der Waals surface area contributed by atoms with Crippen LogP contribution in [0.4, 0.5) is 0 Å². The zero-order valence-electron chi connectivity index (χ0n) is 14.2. The second-order valence-corrected chi connectivity index (χ2v) is 5.75. The van der Waals surface area contributed by atoms with E-state index in [0.717, 1.165) is 29.9 Å². The molecule has 1 aromatic heterocycles. The number of hydrogen-bond donors (Lipinski definition) is 1. The number of nitrogens with zero attached hydrogens (tertiary/aromatic N) is 1. The highest BCUT2D eigenvalue weighted by Crippen LogP contribution is 2.21. The number of carbonyl (C=O) groups excluding carboxylic acids is 1. The van der Waals surface area contributed by atoms with Crippen molar-refractivity contribution in [2.75, 3.05) is 0 Å². The summed E-state index contributed by atoms with van der Waals surface area (Å²) in [7, 11) is 0. The van der Waals surface area contributed by atoms with Crippen molar-refractivity contribution in [3.8, 4) is 5.75 Å². The molecule has 0 bridgehead atoms. The van der Waals surface area contributed by atoms with Gasteiger partial charge in [0.2, 0.25) is 0 Å². The van der Waals surface area contributed by atoms with Crippen LogP contribution in [0, 0.1) is 13.8 Å². The van der Waals surface area contributed by atoms with Crippen molar-refractivity contribution in [3.05, 3.63) is 46.8 Å². The summed E-state index contributed by atoms with van der Waals surface area (Å²) in [5, 5.41) is 6.92. The van der Waals surface area contributed by atoms with Crippen LogP contribution in [-0.4, -0.2) is 17.1 Å². The first-order valence-corrected chi connectivity index (χ1v) is 7.97. The van der Waals surface area contributed by atoms with E-state index < -0.39 is 0 Å². The van der Waals surface area contributed by atoms with E-state index in [9.17, 15) is 4.79 Å². The molecule has 1 unspecified atom stereocenters. The van der Waals surface area contributed by atoms with Gasteiger partial charge >= 0.3 is 0 Å². The fourth-order valence-corrected chi connectivity index (χ4v) is 2.44. The maximum atomic E-state index is 12.4. The molecule has 2 aromatic rings. The van der Waals surface area contributed by atoms with E-state index >= 15 is 0 Å². The smallest absolute Gasteiger partial charge is 0.255 e. The number of aromatic nitrogens is 1. The highest BCUT2D eigenvalue weighted by Gasteiger charge is 2.16. The summed E-state index contributed by atoms with van der Waals surface area (Å²) in [5.41, 5.74) is 2.27. The standard InChI is InChI=1S/C18H24N2O3/c1-5-8-12(2)19-18(21)15-9-6-7-10-17(15)22-11-16-13(3)20-23-14(16)4/h6-7,9-10,12H,5,8,11H2,1-4H3,(H,19,21). The quantitative estimate of drug-likeness (QED) is 0.844. The molecule has 5 heteroatoms. The van der Waals surface area contributed by atoms with Gasteiger partial charge in [0.15, 0.2) is 0 Å². The summed E-state index contributed by atoms with van der Waals surface area (Å²) in [4.78, 5) is 12.4. The van der Waals surface area contributed by atoms with Crippen molar-refractivity contribution in [3.63, 3.8) is 0 Å². The van der Waals surface area contributed by atoms with Gasteiger partial charge in [0, 0.05) is 6.04 Å². The maximum Gasteiger partial charge on any atom is 0.255 e. The molecule has 1 N–H and O–H groups in total. The topological polar surface area (TPSA) is 64.4 Å². The van der Waals surface area contributed by atoms with Crippen LogP contribution in [0.5, 0.6) is 5.75 Å². The molecule has 1 heterocycles. The molecule has 2 rings (SSSR count). The molecule has 0 spiro atoms. The van der Waals surface area contributed by atoms with E-state index in [1.807, 2.05) is 32.9 Å². The average molecular weight is 316 g/mol. The van der Waals surface area contributed by atoms with Crippen LogP contribution in [-0.2, 0) is 6.61 Å². The number of benzene rings is 1. The first kappa shape index (κ1) is 17.1. The number of para-hydroxylation sites is 1. The van der Waals surface area contributed by atoms with Gasteiger partial charge in [-0.25, -0.2) is 0 Å². The van der Waals surface area contributed by atoms with Crippen molar-refractivity contribution < 1.29 is 14.1 Å². The summed E-state index contributed by atoms with van der Waals surface area (Å²) < 4.78 is 11.0. The summed E-state index contributed by atoms with van der Waals surface area (Å²) in [6.07, 6.45) is 1.99. The number of rotatable bonds is 7. The molecule has 0 aliphatic rings. The lowest BCUT2D eigenvalue weighted by molar-refractivity contribution is 0.0934. The highest BCUT2D eigenvalue weighted by atomic mass is 16.5. The monoisotopic (exact) mass is 316 g/mol. The highest BCUT2D eigenvalue weighted by molar-refractivity contribution is 5.97. The fourth-order valence-electron chi connectivity index (χ4n) is 2.44. The maximum absolute atomic E-state index is 12.4. The Morgan fingerprint density at radius 3 is 2.74 bits per heavy atom. The van der Waals surface area contributed by atoms with E-state index in [1.165, 1.54) is 0 Å². The van der Waals surface area contributed by atoms with Crippen LogP contribution in [0.2, 0.25) is 0 Å². The van der Waals surface area contributed by atoms with Gasteiger partial charge in [0.05, 0.1) is 16.8 Å². The fraction of sp³-hybridized carbons (Fsp3) is 0.444. The molecule has 0 radical (unpaired) electrons. The van der Waals surface area contributed by atoms with E-state index in [1.54, 1.807) is 12.1 Å². The Labute approximate surface area is 137 Å². The van der Waals surface area contributed by atoms with E-state index in [4.69, 9.17) is 9.26 Å². The Balaban J connectivity index is 2.10. The van der Waals surface area contributed by atoms with Gasteiger partial charge in [-0.2, -0.15) is 0 Å². The zero-order valence-corrected chi connectivity index (χ0v) is 14.2. The predicted octanol–water partition coefficient (Wildman–Crippen LogP) is 3.79. The van der Waals surface area contributed by atoms with Gasteiger partial charge in [0.1, 0.15) is 18.1 Å². The Morgan fingerprint density at radius 1 is 1.35 bits per heavy atom. The molecule has 23 heavy (non-hydrogen) atoms. The van der Waals surface area contributed by atoms with Crippen molar-refractivity contribution >= 4 is 5.91 Å². The molecule has 0 saturated carbocycles. The largest absolute Gasteiger partial charge is 0.488 e. The normalized spacial score (nSPS) is 12.0. The third-order valence-corrected chi connectivity index (χ3v) is 3.78. The number of hydrogen-bond acceptors (Lipinski definition) is 4. The summed E-state index contributed by atoms with van der Waals surface area (Å²) in [6.45, 7) is 8.16. The number of aryl methyl sites for hydroxylation is 2. The molecule has 0 fully saturated rings. The van der Waals surface area contributed by atoms with Gasteiger partial charge < -0.3 is 14.6 Å². The van der Waals surface area contributed by atoms with Crippen LogP contribution < -0.4 is 10.1 Å². The Kier molecular flexibility index (Phi) is 5.79. The molecular weight excluding hydrogens is 292 g/mol. The van der Waals surface area contributed by atoms with Gasteiger partial charge in [0.25, 0.3) is 5.91 Å². The van der Waals surface area contributed by atoms with Crippen molar-refractivity contribution in [1.29, 1.82) is 0 Å². The molecule has 1 amide bonds. The molecule has 5 nitrogen and oxygen atoms in total. The van der Waals surface area contributed by atoms with Crippen molar-refractivity contribution in [2.45, 2.75) is 53.2 Å². The zero-order chi connectivity index (χ0) is 16.8. The molecule has 0 aliphatic heterocycles. The van der Waals surface area contributed by atoms with Gasteiger partial charge in [-0.15, -0.1) is 0 Å². The number of amides is 1. The van der Waals surface area contributed by atoms with Crippen LogP contribution in [0.25, 0.3) is 0 Å². The minimum absolute atomic E-state index is 0.111. The molecule has 0 aliphatic carbocycles. The Bertz CT molecular complexity index is 645. The predicted molar refractivity (Wildman–Crippen MR) is 88.6 cm³/mol. The first-order chi connectivity index (χ1) is 11.0. The molecular formula is C18H24N2O3. The third kappa shape index (κ3) is 4.34. The van der Waals surface area contributed by atoms with E-state index in [2.05, 4.69) is 17.4 Å². The van der Waals surface area contributed by atoms with Crippen LogP contribution in [0.1, 0.15) is 54.1 Å².